The van der Waals surface area contributed by atoms with Crippen molar-refractivity contribution in [2.45, 2.75) is 26.3 Å². The van der Waals surface area contributed by atoms with E-state index in [2.05, 4.69) is 34.6 Å². The van der Waals surface area contributed by atoms with Gasteiger partial charge in [-0.3, -0.25) is 4.99 Å². The maximum atomic E-state index is 5.83. The molecule has 0 amide bonds. The minimum absolute atomic E-state index is 0. The quantitative estimate of drug-likeness (QED) is 0.274. The third-order valence-corrected chi connectivity index (χ3v) is 3.55. The standard InChI is InChI=1S/C17H23ClN4O2.HI/c1-12(2)16-10-15(24-22-16)11-21-17(19-3)20-8-9-23-14-6-4-13(18)5-7-14;/h4-7,10,12H,8-9,11H2,1-3H3,(H2,19,20,21);1H. The van der Waals surface area contributed by atoms with Crippen LogP contribution in [-0.4, -0.2) is 31.3 Å². The summed E-state index contributed by atoms with van der Waals surface area (Å²) >= 11 is 5.83. The third kappa shape index (κ3) is 7.52. The monoisotopic (exact) mass is 478 g/mol. The van der Waals surface area contributed by atoms with Crippen molar-refractivity contribution >= 4 is 41.5 Å². The lowest BCUT2D eigenvalue weighted by atomic mass is 10.1. The van der Waals surface area contributed by atoms with E-state index in [9.17, 15) is 0 Å². The van der Waals surface area contributed by atoms with Gasteiger partial charge in [0.15, 0.2) is 11.7 Å². The summed E-state index contributed by atoms with van der Waals surface area (Å²) in [5.41, 5.74) is 0.950. The Kier molecular flexibility index (Phi) is 9.66. The maximum Gasteiger partial charge on any atom is 0.191 e. The Labute approximate surface area is 170 Å². The van der Waals surface area contributed by atoms with Crippen LogP contribution in [0.5, 0.6) is 5.75 Å². The Morgan fingerprint density at radius 1 is 1.28 bits per heavy atom. The lowest BCUT2D eigenvalue weighted by Gasteiger charge is -2.11. The molecule has 0 radical (unpaired) electrons. The number of aliphatic imine (C=N–C) groups is 1. The van der Waals surface area contributed by atoms with E-state index in [-0.39, 0.29) is 24.0 Å². The van der Waals surface area contributed by atoms with Crippen LogP contribution < -0.4 is 15.4 Å². The SMILES string of the molecule is CN=C(NCCOc1ccc(Cl)cc1)NCc1cc(C(C)C)no1.I. The Bertz CT molecular complexity index is 659. The molecule has 0 saturated carbocycles. The molecule has 6 nitrogen and oxygen atoms in total. The van der Waals surface area contributed by atoms with Crippen molar-refractivity contribution in [3.63, 3.8) is 0 Å². The molecule has 0 fully saturated rings. The summed E-state index contributed by atoms with van der Waals surface area (Å²) in [7, 11) is 1.72. The fourth-order valence-corrected chi connectivity index (χ4v) is 2.07. The van der Waals surface area contributed by atoms with Crippen LogP contribution in [0, 0.1) is 0 Å². The molecule has 25 heavy (non-hydrogen) atoms. The highest BCUT2D eigenvalue weighted by atomic mass is 127. The number of ether oxygens (including phenoxy) is 1. The Balaban J connectivity index is 0.00000312. The zero-order chi connectivity index (χ0) is 17.4. The van der Waals surface area contributed by atoms with Gasteiger partial charge < -0.3 is 19.9 Å². The van der Waals surface area contributed by atoms with E-state index in [1.807, 2.05) is 18.2 Å². The number of benzene rings is 1. The molecule has 1 heterocycles. The predicted octanol–water partition coefficient (Wildman–Crippen LogP) is 3.81. The first kappa shape index (κ1) is 21.6. The van der Waals surface area contributed by atoms with E-state index >= 15 is 0 Å². The number of guanidine groups is 1. The first-order valence-electron chi connectivity index (χ1n) is 7.87. The number of hydrogen-bond acceptors (Lipinski definition) is 4. The largest absolute Gasteiger partial charge is 0.492 e. The number of nitrogens with zero attached hydrogens (tertiary/aromatic N) is 2. The van der Waals surface area contributed by atoms with E-state index in [1.54, 1.807) is 19.2 Å². The molecule has 2 rings (SSSR count). The highest BCUT2D eigenvalue weighted by molar-refractivity contribution is 14.0. The second kappa shape index (κ2) is 11.2. The van der Waals surface area contributed by atoms with Crippen LogP contribution >= 0.6 is 35.6 Å². The van der Waals surface area contributed by atoms with E-state index in [0.29, 0.717) is 36.6 Å². The van der Waals surface area contributed by atoms with Crippen molar-refractivity contribution in [1.29, 1.82) is 0 Å². The molecule has 0 aliphatic carbocycles. The van der Waals surface area contributed by atoms with Gasteiger partial charge in [-0.2, -0.15) is 0 Å². The summed E-state index contributed by atoms with van der Waals surface area (Å²) in [5.74, 6) is 2.59. The lowest BCUT2D eigenvalue weighted by Crippen LogP contribution is -2.38. The molecule has 0 atom stereocenters. The normalized spacial score (nSPS) is 11.2. The molecule has 1 aromatic carbocycles. The van der Waals surface area contributed by atoms with E-state index in [0.717, 1.165) is 17.2 Å². The van der Waals surface area contributed by atoms with Crippen LogP contribution in [0.2, 0.25) is 5.02 Å². The van der Waals surface area contributed by atoms with Gasteiger partial charge >= 0.3 is 0 Å². The average molecular weight is 479 g/mol. The molecular formula is C17H24ClIN4O2. The molecule has 0 unspecified atom stereocenters. The fourth-order valence-electron chi connectivity index (χ4n) is 1.94. The van der Waals surface area contributed by atoms with Crippen LogP contribution in [0.4, 0.5) is 0 Å². The molecule has 0 saturated heterocycles. The minimum Gasteiger partial charge on any atom is -0.492 e. The van der Waals surface area contributed by atoms with Crippen LogP contribution in [0.15, 0.2) is 39.8 Å². The second-order valence-electron chi connectivity index (χ2n) is 5.53. The number of aromatic nitrogens is 1. The molecule has 138 valence electrons. The van der Waals surface area contributed by atoms with Crippen molar-refractivity contribution in [3.8, 4) is 5.75 Å². The van der Waals surface area contributed by atoms with E-state index in [4.69, 9.17) is 20.9 Å². The summed E-state index contributed by atoms with van der Waals surface area (Å²) in [6, 6.07) is 9.23. The van der Waals surface area contributed by atoms with Gasteiger partial charge in [-0.15, -0.1) is 24.0 Å². The van der Waals surface area contributed by atoms with Crippen molar-refractivity contribution < 1.29 is 9.26 Å². The Morgan fingerprint density at radius 2 is 2.00 bits per heavy atom. The van der Waals surface area contributed by atoms with Crippen molar-refractivity contribution in [3.05, 3.63) is 46.8 Å². The van der Waals surface area contributed by atoms with Crippen LogP contribution in [0.3, 0.4) is 0 Å². The van der Waals surface area contributed by atoms with Gasteiger partial charge in [-0.1, -0.05) is 30.6 Å². The summed E-state index contributed by atoms with van der Waals surface area (Å²) in [4.78, 5) is 4.16. The molecule has 0 aliphatic heterocycles. The third-order valence-electron chi connectivity index (χ3n) is 3.30. The minimum atomic E-state index is 0. The number of rotatable bonds is 7. The van der Waals surface area contributed by atoms with E-state index < -0.39 is 0 Å². The van der Waals surface area contributed by atoms with Gasteiger partial charge in [-0.05, 0) is 30.2 Å². The van der Waals surface area contributed by atoms with Gasteiger partial charge in [0.1, 0.15) is 12.4 Å². The molecular weight excluding hydrogens is 455 g/mol. The first-order chi connectivity index (χ1) is 11.6. The number of nitrogens with one attached hydrogen (secondary N) is 2. The molecule has 2 N–H and O–H groups in total. The van der Waals surface area contributed by atoms with Crippen molar-refractivity contribution in [2.75, 3.05) is 20.2 Å². The number of hydrogen-bond donors (Lipinski definition) is 2. The van der Waals surface area contributed by atoms with E-state index in [1.165, 1.54) is 0 Å². The van der Waals surface area contributed by atoms with Crippen LogP contribution in [-0.2, 0) is 6.54 Å². The average Bonchev–Trinajstić information content (AvgIpc) is 3.05. The first-order valence-corrected chi connectivity index (χ1v) is 8.24. The Morgan fingerprint density at radius 3 is 2.60 bits per heavy atom. The highest BCUT2D eigenvalue weighted by Gasteiger charge is 2.08. The molecule has 0 aliphatic rings. The van der Waals surface area contributed by atoms with Gasteiger partial charge in [0.2, 0.25) is 0 Å². The molecule has 2 aromatic rings. The van der Waals surface area contributed by atoms with Crippen molar-refractivity contribution in [2.24, 2.45) is 4.99 Å². The predicted molar refractivity (Wildman–Crippen MR) is 111 cm³/mol. The molecule has 1 aromatic heterocycles. The topological polar surface area (TPSA) is 71.7 Å². The molecule has 0 spiro atoms. The summed E-state index contributed by atoms with van der Waals surface area (Å²) in [6.07, 6.45) is 0. The van der Waals surface area contributed by atoms with Gasteiger partial charge in [0.05, 0.1) is 18.8 Å². The van der Waals surface area contributed by atoms with Crippen LogP contribution in [0.1, 0.15) is 31.2 Å². The smallest absolute Gasteiger partial charge is 0.191 e. The second-order valence-corrected chi connectivity index (χ2v) is 5.96. The Hall–Kier alpha value is -1.48. The summed E-state index contributed by atoms with van der Waals surface area (Å²) < 4.78 is 10.9. The fraction of sp³-hybridized carbons (Fsp3) is 0.412. The zero-order valence-corrected chi connectivity index (χ0v) is 17.7. The molecule has 0 bridgehead atoms. The van der Waals surface area contributed by atoms with Gasteiger partial charge in [0, 0.05) is 18.1 Å². The number of halogens is 2. The van der Waals surface area contributed by atoms with Crippen LogP contribution in [0.25, 0.3) is 0 Å². The summed E-state index contributed by atoms with van der Waals surface area (Å²) in [6.45, 7) is 5.82. The van der Waals surface area contributed by atoms with Crippen molar-refractivity contribution in [1.82, 2.24) is 15.8 Å². The van der Waals surface area contributed by atoms with Gasteiger partial charge in [-0.25, -0.2) is 0 Å². The zero-order valence-electron chi connectivity index (χ0n) is 14.6. The lowest BCUT2D eigenvalue weighted by molar-refractivity contribution is 0.321. The maximum absolute atomic E-state index is 5.83. The highest BCUT2D eigenvalue weighted by Crippen LogP contribution is 2.15. The molecule has 8 heteroatoms. The summed E-state index contributed by atoms with van der Waals surface area (Å²) in [5, 5.41) is 11.1. The van der Waals surface area contributed by atoms with Gasteiger partial charge in [0.25, 0.3) is 0 Å².